The van der Waals surface area contributed by atoms with E-state index in [4.69, 9.17) is 5.73 Å². The summed E-state index contributed by atoms with van der Waals surface area (Å²) < 4.78 is 37.5. The molecular weight excluding hydrogens is 325 g/mol. The van der Waals surface area contributed by atoms with Gasteiger partial charge in [0, 0.05) is 6.42 Å². The first-order valence-corrected chi connectivity index (χ1v) is 7.44. The highest BCUT2D eigenvalue weighted by Gasteiger charge is 2.30. The predicted octanol–water partition coefficient (Wildman–Crippen LogP) is 1.62. The van der Waals surface area contributed by atoms with Crippen LogP contribution in [0.15, 0.2) is 24.3 Å². The summed E-state index contributed by atoms with van der Waals surface area (Å²) >= 11 is 0. The largest absolute Gasteiger partial charge is 0.416 e. The topological polar surface area (TPSA) is 92.4 Å². The van der Waals surface area contributed by atoms with Crippen molar-refractivity contribution < 1.29 is 27.9 Å². The van der Waals surface area contributed by atoms with Crippen LogP contribution < -0.4 is 11.1 Å². The standard InChI is InChI=1S/C16H21F3N2O3/c1-9(2)7-13(22)15(24)21-12(14(20)23)8-10-3-5-11(6-4-10)16(17,18)19/h3-6,9,12-13,22H,7-8H2,1-2H3,(H2,20,23)(H,21,24)/t12-,13+/m0/s1. The maximum absolute atomic E-state index is 12.5. The van der Waals surface area contributed by atoms with Gasteiger partial charge in [-0.05, 0) is 30.0 Å². The molecule has 134 valence electrons. The summed E-state index contributed by atoms with van der Waals surface area (Å²) in [5.74, 6) is -1.49. The number of carbonyl (C=O) groups is 2. The third-order valence-electron chi connectivity index (χ3n) is 3.38. The third-order valence-corrected chi connectivity index (χ3v) is 3.38. The molecule has 1 aromatic rings. The fraction of sp³-hybridized carbons (Fsp3) is 0.500. The lowest BCUT2D eigenvalue weighted by molar-refractivity contribution is -0.137. The van der Waals surface area contributed by atoms with E-state index in [1.807, 2.05) is 13.8 Å². The molecule has 0 fully saturated rings. The number of hydrogen-bond donors (Lipinski definition) is 3. The van der Waals surface area contributed by atoms with Crippen LogP contribution in [0.3, 0.4) is 0 Å². The van der Waals surface area contributed by atoms with Crippen LogP contribution in [0, 0.1) is 5.92 Å². The molecule has 0 saturated carbocycles. The van der Waals surface area contributed by atoms with E-state index in [0.717, 1.165) is 12.1 Å². The lowest BCUT2D eigenvalue weighted by Gasteiger charge is -2.19. The van der Waals surface area contributed by atoms with Crippen molar-refractivity contribution >= 4 is 11.8 Å². The van der Waals surface area contributed by atoms with Gasteiger partial charge in [-0.3, -0.25) is 9.59 Å². The summed E-state index contributed by atoms with van der Waals surface area (Å²) in [5, 5.41) is 12.1. The van der Waals surface area contributed by atoms with Crippen LogP contribution in [-0.2, 0) is 22.2 Å². The average Bonchev–Trinajstić information content (AvgIpc) is 2.45. The van der Waals surface area contributed by atoms with E-state index in [2.05, 4.69) is 5.32 Å². The van der Waals surface area contributed by atoms with Gasteiger partial charge in [0.2, 0.25) is 11.8 Å². The maximum atomic E-state index is 12.5. The van der Waals surface area contributed by atoms with Gasteiger partial charge in [0.05, 0.1) is 5.56 Å². The molecule has 0 saturated heterocycles. The zero-order valence-electron chi connectivity index (χ0n) is 13.4. The molecular formula is C16H21F3N2O3. The molecule has 0 aliphatic rings. The first-order chi connectivity index (χ1) is 11.0. The van der Waals surface area contributed by atoms with Crippen molar-refractivity contribution in [2.24, 2.45) is 11.7 Å². The van der Waals surface area contributed by atoms with Crippen molar-refractivity contribution in [2.45, 2.75) is 45.0 Å². The molecule has 0 unspecified atom stereocenters. The highest BCUT2D eigenvalue weighted by Crippen LogP contribution is 2.29. The Morgan fingerprint density at radius 3 is 2.17 bits per heavy atom. The Hall–Kier alpha value is -2.09. The molecule has 0 radical (unpaired) electrons. The monoisotopic (exact) mass is 346 g/mol. The predicted molar refractivity (Wildman–Crippen MR) is 81.7 cm³/mol. The summed E-state index contributed by atoms with van der Waals surface area (Å²) in [6.45, 7) is 3.65. The van der Waals surface area contributed by atoms with Gasteiger partial charge in [-0.15, -0.1) is 0 Å². The molecule has 5 nitrogen and oxygen atoms in total. The Morgan fingerprint density at radius 2 is 1.75 bits per heavy atom. The molecule has 2 amide bonds. The van der Waals surface area contributed by atoms with Gasteiger partial charge < -0.3 is 16.2 Å². The Kier molecular flexibility index (Phi) is 6.77. The van der Waals surface area contributed by atoms with Crippen LogP contribution in [0.25, 0.3) is 0 Å². The third kappa shape index (κ3) is 6.19. The number of nitrogens with two attached hydrogens (primary N) is 1. The highest BCUT2D eigenvalue weighted by atomic mass is 19.4. The van der Waals surface area contributed by atoms with E-state index in [9.17, 15) is 27.9 Å². The van der Waals surface area contributed by atoms with Gasteiger partial charge in [0.15, 0.2) is 0 Å². The molecule has 8 heteroatoms. The fourth-order valence-electron chi connectivity index (χ4n) is 2.11. The van der Waals surface area contributed by atoms with Gasteiger partial charge in [-0.2, -0.15) is 13.2 Å². The number of nitrogens with one attached hydrogen (secondary N) is 1. The number of aliphatic hydroxyl groups is 1. The minimum Gasteiger partial charge on any atom is -0.383 e. The van der Waals surface area contributed by atoms with E-state index >= 15 is 0 Å². The summed E-state index contributed by atoms with van der Waals surface area (Å²) in [7, 11) is 0. The van der Waals surface area contributed by atoms with Gasteiger partial charge in [-0.1, -0.05) is 26.0 Å². The van der Waals surface area contributed by atoms with Crippen LogP contribution in [0.2, 0.25) is 0 Å². The second kappa shape index (κ2) is 8.14. The van der Waals surface area contributed by atoms with Crippen LogP contribution in [0.1, 0.15) is 31.4 Å². The maximum Gasteiger partial charge on any atom is 0.416 e. The second-order valence-corrected chi connectivity index (χ2v) is 6.01. The van der Waals surface area contributed by atoms with Gasteiger partial charge >= 0.3 is 6.18 Å². The van der Waals surface area contributed by atoms with Crippen molar-refractivity contribution in [3.05, 3.63) is 35.4 Å². The molecule has 0 aromatic heterocycles. The van der Waals surface area contributed by atoms with Crippen molar-refractivity contribution in [2.75, 3.05) is 0 Å². The lowest BCUT2D eigenvalue weighted by atomic mass is 10.0. The van der Waals surface area contributed by atoms with E-state index in [1.54, 1.807) is 0 Å². The fourth-order valence-corrected chi connectivity index (χ4v) is 2.11. The number of rotatable bonds is 7. The normalized spacial score (nSPS) is 14.3. The number of hydrogen-bond acceptors (Lipinski definition) is 3. The molecule has 0 aliphatic carbocycles. The zero-order valence-corrected chi connectivity index (χ0v) is 13.4. The molecule has 1 rings (SSSR count). The quantitative estimate of drug-likeness (QED) is 0.700. The first-order valence-electron chi connectivity index (χ1n) is 7.44. The number of carbonyl (C=O) groups excluding carboxylic acids is 2. The van der Waals surface area contributed by atoms with E-state index in [-0.39, 0.29) is 18.8 Å². The number of alkyl halides is 3. The van der Waals surface area contributed by atoms with Crippen LogP contribution in [0.4, 0.5) is 13.2 Å². The van der Waals surface area contributed by atoms with Crippen molar-refractivity contribution in [3.8, 4) is 0 Å². The van der Waals surface area contributed by atoms with E-state index < -0.39 is 35.7 Å². The zero-order chi connectivity index (χ0) is 18.5. The number of halogens is 3. The summed E-state index contributed by atoms with van der Waals surface area (Å²) in [6.07, 6.45) is -5.57. The Labute approximate surface area is 138 Å². The molecule has 0 heterocycles. The smallest absolute Gasteiger partial charge is 0.383 e. The molecule has 24 heavy (non-hydrogen) atoms. The summed E-state index contributed by atoms with van der Waals surface area (Å²) in [5.41, 5.74) is 4.82. The van der Waals surface area contributed by atoms with Gasteiger partial charge in [-0.25, -0.2) is 0 Å². The Balaban J connectivity index is 2.76. The number of primary amides is 1. The second-order valence-electron chi connectivity index (χ2n) is 6.01. The molecule has 0 spiro atoms. The molecule has 0 aliphatic heterocycles. The summed E-state index contributed by atoms with van der Waals surface area (Å²) in [6, 6.07) is 3.10. The average molecular weight is 346 g/mol. The minimum absolute atomic E-state index is 0.0619. The molecule has 4 N–H and O–H groups in total. The van der Waals surface area contributed by atoms with E-state index in [0.29, 0.717) is 5.56 Å². The van der Waals surface area contributed by atoms with Gasteiger partial charge in [0.1, 0.15) is 12.1 Å². The minimum atomic E-state index is -4.45. The van der Waals surface area contributed by atoms with Crippen molar-refractivity contribution in [1.82, 2.24) is 5.32 Å². The van der Waals surface area contributed by atoms with Gasteiger partial charge in [0.25, 0.3) is 0 Å². The molecule has 1 aromatic carbocycles. The highest BCUT2D eigenvalue weighted by molar-refractivity contribution is 5.88. The summed E-state index contributed by atoms with van der Waals surface area (Å²) in [4.78, 5) is 23.3. The van der Waals surface area contributed by atoms with Crippen LogP contribution >= 0.6 is 0 Å². The van der Waals surface area contributed by atoms with Crippen LogP contribution in [0.5, 0.6) is 0 Å². The van der Waals surface area contributed by atoms with E-state index in [1.165, 1.54) is 12.1 Å². The number of aliphatic hydroxyl groups excluding tert-OH is 1. The number of amides is 2. The van der Waals surface area contributed by atoms with Crippen molar-refractivity contribution in [1.29, 1.82) is 0 Å². The van der Waals surface area contributed by atoms with Crippen LogP contribution in [-0.4, -0.2) is 29.1 Å². The molecule has 2 atom stereocenters. The molecule has 0 bridgehead atoms. The Bertz CT molecular complexity index is 571. The lowest BCUT2D eigenvalue weighted by Crippen LogP contribution is -2.49. The first kappa shape index (κ1) is 20.0. The number of benzene rings is 1. The van der Waals surface area contributed by atoms with Crippen molar-refractivity contribution in [3.63, 3.8) is 0 Å². The Morgan fingerprint density at radius 1 is 1.21 bits per heavy atom. The SMILES string of the molecule is CC(C)C[C@@H](O)C(=O)N[C@@H](Cc1ccc(C(F)(F)F)cc1)C(N)=O.